The normalized spacial score (nSPS) is 18.8. The van der Waals surface area contributed by atoms with Gasteiger partial charge in [-0.3, -0.25) is 9.59 Å². The largest absolute Gasteiger partial charge is 0.497 e. The third-order valence-corrected chi connectivity index (χ3v) is 7.44. The Morgan fingerprint density at radius 1 is 1.08 bits per heavy atom. The second-order valence-corrected chi connectivity index (χ2v) is 10.1. The van der Waals surface area contributed by atoms with E-state index >= 15 is 0 Å². The van der Waals surface area contributed by atoms with Crippen molar-refractivity contribution in [1.82, 2.24) is 5.01 Å². The summed E-state index contributed by atoms with van der Waals surface area (Å²) in [4.78, 5) is 29.5. The Balaban J connectivity index is 1.34. The molecule has 3 aromatic carbocycles. The molecule has 2 amide bonds. The van der Waals surface area contributed by atoms with Crippen LogP contribution in [-0.4, -0.2) is 40.1 Å². The van der Waals surface area contributed by atoms with Crippen molar-refractivity contribution in [2.45, 2.75) is 31.1 Å². The number of halogens is 2. The van der Waals surface area contributed by atoms with Gasteiger partial charge in [0.25, 0.3) is 5.91 Å². The molecule has 0 saturated heterocycles. The van der Waals surface area contributed by atoms with Gasteiger partial charge in [0.1, 0.15) is 11.0 Å². The van der Waals surface area contributed by atoms with Crippen molar-refractivity contribution in [3.05, 3.63) is 95.1 Å². The zero-order valence-corrected chi connectivity index (χ0v) is 21.5. The van der Waals surface area contributed by atoms with Gasteiger partial charge in [-0.15, -0.1) is 0 Å². The van der Waals surface area contributed by atoms with E-state index < -0.39 is 28.7 Å². The molecule has 2 atom stereocenters. The lowest BCUT2D eigenvalue weighted by atomic mass is 9.98. The van der Waals surface area contributed by atoms with Crippen molar-refractivity contribution in [2.75, 3.05) is 12.4 Å². The summed E-state index contributed by atoms with van der Waals surface area (Å²) >= 11 is 1.17. The van der Waals surface area contributed by atoms with Crippen LogP contribution in [0.25, 0.3) is 0 Å². The highest BCUT2D eigenvalue weighted by molar-refractivity contribution is 8.15. The van der Waals surface area contributed by atoms with Crippen LogP contribution in [0.5, 0.6) is 5.75 Å². The van der Waals surface area contributed by atoms with Crippen LogP contribution in [0.4, 0.5) is 14.5 Å². The molecule has 2 aliphatic rings. The van der Waals surface area contributed by atoms with Crippen molar-refractivity contribution in [3.63, 3.8) is 0 Å². The number of aliphatic imine (C=N–C) groups is 1. The fraction of sp³-hybridized carbons (Fsp3) is 0.214. The zero-order valence-electron chi connectivity index (χ0n) is 20.7. The van der Waals surface area contributed by atoms with E-state index in [2.05, 4.69) is 10.3 Å². The van der Waals surface area contributed by atoms with Crippen LogP contribution < -0.4 is 10.1 Å². The van der Waals surface area contributed by atoms with E-state index in [-0.39, 0.29) is 18.2 Å². The number of rotatable bonds is 6. The molecule has 0 aliphatic carbocycles. The van der Waals surface area contributed by atoms with E-state index in [1.54, 1.807) is 12.1 Å². The molecule has 38 heavy (non-hydrogen) atoms. The smallest absolute Gasteiger partial charge is 0.262 e. The Morgan fingerprint density at radius 2 is 1.82 bits per heavy atom. The van der Waals surface area contributed by atoms with Gasteiger partial charge in [0.2, 0.25) is 5.91 Å². The second kappa shape index (κ2) is 10.7. The molecule has 0 bridgehead atoms. The number of nitrogens with zero attached hydrogens (tertiary/aromatic N) is 3. The summed E-state index contributed by atoms with van der Waals surface area (Å²) in [7, 11) is 1.61. The molecule has 0 fully saturated rings. The van der Waals surface area contributed by atoms with Crippen molar-refractivity contribution in [2.24, 2.45) is 10.1 Å². The summed E-state index contributed by atoms with van der Waals surface area (Å²) in [5.74, 6) is -2.30. The van der Waals surface area contributed by atoms with Gasteiger partial charge in [0.15, 0.2) is 16.8 Å². The number of methoxy groups -OCH3 is 1. The van der Waals surface area contributed by atoms with Crippen LogP contribution in [0.2, 0.25) is 0 Å². The number of aryl methyl sites for hydroxylation is 1. The van der Waals surface area contributed by atoms with Gasteiger partial charge >= 0.3 is 0 Å². The van der Waals surface area contributed by atoms with E-state index in [0.29, 0.717) is 11.6 Å². The quantitative estimate of drug-likeness (QED) is 0.454. The Labute approximate surface area is 222 Å². The Kier molecular flexibility index (Phi) is 7.24. The fourth-order valence-corrected chi connectivity index (χ4v) is 5.31. The summed E-state index contributed by atoms with van der Waals surface area (Å²) in [5.41, 5.74) is 4.07. The van der Waals surface area contributed by atoms with Gasteiger partial charge in [-0.2, -0.15) is 10.1 Å². The number of benzene rings is 3. The summed E-state index contributed by atoms with van der Waals surface area (Å²) in [6.07, 6.45) is 0.426. The maximum atomic E-state index is 13.5. The molecular weight excluding hydrogens is 510 g/mol. The first-order valence-electron chi connectivity index (χ1n) is 11.9. The predicted octanol–water partition coefficient (Wildman–Crippen LogP) is 5.46. The maximum Gasteiger partial charge on any atom is 0.262 e. The number of amidine groups is 1. The predicted molar refractivity (Wildman–Crippen MR) is 143 cm³/mol. The van der Waals surface area contributed by atoms with Gasteiger partial charge in [0.05, 0.1) is 18.9 Å². The van der Waals surface area contributed by atoms with Crippen LogP contribution in [0.1, 0.15) is 35.6 Å². The molecule has 0 radical (unpaired) electrons. The number of carbonyl (C=O) groups is 2. The van der Waals surface area contributed by atoms with Crippen molar-refractivity contribution >= 4 is 40.1 Å². The first kappa shape index (κ1) is 25.6. The number of thioether (sulfide) groups is 1. The van der Waals surface area contributed by atoms with Crippen LogP contribution in [0.3, 0.4) is 0 Å². The molecule has 10 heteroatoms. The Bertz CT molecular complexity index is 1440. The monoisotopic (exact) mass is 534 g/mol. The third-order valence-electron chi connectivity index (χ3n) is 6.29. The van der Waals surface area contributed by atoms with E-state index in [0.717, 1.165) is 40.3 Å². The highest BCUT2D eigenvalue weighted by Crippen LogP contribution is 2.39. The van der Waals surface area contributed by atoms with E-state index in [1.165, 1.54) is 17.8 Å². The number of anilines is 1. The van der Waals surface area contributed by atoms with Crippen LogP contribution in [0, 0.1) is 18.6 Å². The molecule has 2 heterocycles. The third kappa shape index (κ3) is 5.45. The van der Waals surface area contributed by atoms with Crippen LogP contribution in [-0.2, 0) is 9.59 Å². The van der Waals surface area contributed by atoms with Gasteiger partial charge in [-0.25, -0.2) is 13.8 Å². The molecule has 1 N–H and O–H groups in total. The van der Waals surface area contributed by atoms with E-state index in [9.17, 15) is 18.4 Å². The molecule has 2 aliphatic heterocycles. The topological polar surface area (TPSA) is 83.4 Å². The molecule has 7 nitrogen and oxygen atoms in total. The molecule has 0 unspecified atom stereocenters. The van der Waals surface area contributed by atoms with Crippen LogP contribution in [0.15, 0.2) is 76.8 Å². The number of hydrazone groups is 1. The number of amides is 2. The molecule has 5 rings (SSSR count). The summed E-state index contributed by atoms with van der Waals surface area (Å²) in [6, 6.07) is 18.6. The average Bonchev–Trinajstić information content (AvgIpc) is 3.50. The van der Waals surface area contributed by atoms with Crippen LogP contribution >= 0.6 is 11.8 Å². The van der Waals surface area contributed by atoms with Gasteiger partial charge < -0.3 is 10.1 Å². The maximum absolute atomic E-state index is 13.5. The van der Waals surface area contributed by atoms with E-state index in [1.807, 2.05) is 55.5 Å². The Hall–Kier alpha value is -4.05. The molecule has 0 aromatic heterocycles. The number of ether oxygens (including phenoxy) is 1. The minimum absolute atomic E-state index is 0.108. The number of nitrogens with one attached hydrogen (secondary N) is 1. The van der Waals surface area contributed by atoms with Gasteiger partial charge in [0, 0.05) is 24.6 Å². The van der Waals surface area contributed by atoms with E-state index in [4.69, 9.17) is 9.84 Å². The molecule has 194 valence electrons. The van der Waals surface area contributed by atoms with Crippen molar-refractivity contribution in [1.29, 1.82) is 0 Å². The standard InChI is InChI=1S/C28H24F2N4O3S/c1-16-3-5-17(6-4-16)23-14-24(18-7-10-20(37-2)11-8-18)34(33-23)28-32-27(36)25(38-28)15-26(35)31-19-9-12-21(29)22(30)13-19/h3-13,24-25H,14-15H2,1-2H3,(H,31,35)/t24-,25-/m0/s1. The lowest BCUT2D eigenvalue weighted by molar-refractivity contribution is -0.121. The number of hydrogen-bond acceptors (Lipinski definition) is 6. The average molecular weight is 535 g/mol. The molecule has 0 saturated carbocycles. The minimum atomic E-state index is -1.07. The molecule has 0 spiro atoms. The lowest BCUT2D eigenvalue weighted by Gasteiger charge is -2.23. The number of hydrogen-bond donors (Lipinski definition) is 1. The SMILES string of the molecule is COc1ccc([C@@H]2CC(c3ccc(C)cc3)=NN2C2=NC(=O)[C@H](CC(=O)Nc3ccc(F)c(F)c3)S2)cc1. The number of carbonyl (C=O) groups excluding carboxylic acids is 2. The minimum Gasteiger partial charge on any atom is -0.497 e. The highest BCUT2D eigenvalue weighted by atomic mass is 32.2. The van der Waals surface area contributed by atoms with Crippen molar-refractivity contribution in [3.8, 4) is 5.75 Å². The fourth-order valence-electron chi connectivity index (χ4n) is 4.25. The molecular formula is C28H24F2N4O3S. The van der Waals surface area contributed by atoms with Crippen molar-refractivity contribution < 1.29 is 23.1 Å². The summed E-state index contributed by atoms with van der Waals surface area (Å²) in [5, 5.41) is 8.74. The lowest BCUT2D eigenvalue weighted by Crippen LogP contribution is -2.25. The summed E-state index contributed by atoms with van der Waals surface area (Å²) < 4.78 is 32.0. The first-order chi connectivity index (χ1) is 18.3. The summed E-state index contributed by atoms with van der Waals surface area (Å²) in [6.45, 7) is 2.02. The highest BCUT2D eigenvalue weighted by Gasteiger charge is 2.39. The van der Waals surface area contributed by atoms with Gasteiger partial charge in [-0.1, -0.05) is 53.7 Å². The second-order valence-electron chi connectivity index (χ2n) is 8.97. The van der Waals surface area contributed by atoms with Gasteiger partial charge in [-0.05, 0) is 42.3 Å². The zero-order chi connectivity index (χ0) is 26.8. The Morgan fingerprint density at radius 3 is 2.50 bits per heavy atom. The first-order valence-corrected chi connectivity index (χ1v) is 12.8. The molecule has 3 aromatic rings.